The molecule has 6 heteroatoms. The summed E-state index contributed by atoms with van der Waals surface area (Å²) >= 11 is 5.95. The molecule has 0 radical (unpaired) electrons. The van der Waals surface area contributed by atoms with Crippen LogP contribution < -0.4 is 0 Å². The smallest absolute Gasteiger partial charge is 0.138 e. The number of hydrogen-bond donors (Lipinski definition) is 1. The Morgan fingerprint density at radius 1 is 1.40 bits per heavy atom. The maximum Gasteiger partial charge on any atom is 0.138 e. The van der Waals surface area contributed by atoms with Crippen LogP contribution in [0.4, 0.5) is 4.39 Å². The molecule has 2 rings (SSSR count). The van der Waals surface area contributed by atoms with Crippen molar-refractivity contribution in [1.82, 2.24) is 14.8 Å². The molecule has 1 aromatic heterocycles. The van der Waals surface area contributed by atoms with Crippen LogP contribution in [-0.4, -0.2) is 19.9 Å². The van der Waals surface area contributed by atoms with E-state index in [1.165, 1.54) is 18.5 Å². The standard InChI is InChI=1S/C14H17ClFN3O/c1-9(2)7-19-13(17-8-18-19)6-12(20)14-10(15)4-3-5-11(14)16/h3-5,8-9,12,20H,6-7H2,1-2H3. The van der Waals surface area contributed by atoms with Gasteiger partial charge in [-0.15, -0.1) is 0 Å². The molecule has 0 aliphatic heterocycles. The van der Waals surface area contributed by atoms with Crippen LogP contribution in [0.15, 0.2) is 24.5 Å². The lowest BCUT2D eigenvalue weighted by Gasteiger charge is -2.14. The molecule has 0 spiro atoms. The van der Waals surface area contributed by atoms with E-state index in [1.54, 1.807) is 10.7 Å². The lowest BCUT2D eigenvalue weighted by atomic mass is 10.1. The van der Waals surface area contributed by atoms with Crippen LogP contribution in [0.3, 0.4) is 0 Å². The third-order valence-electron chi connectivity index (χ3n) is 2.94. The minimum Gasteiger partial charge on any atom is -0.388 e. The van der Waals surface area contributed by atoms with E-state index in [0.717, 1.165) is 0 Å². The Balaban J connectivity index is 2.20. The first-order chi connectivity index (χ1) is 9.49. The number of rotatable bonds is 5. The van der Waals surface area contributed by atoms with Crippen molar-refractivity contribution in [2.24, 2.45) is 5.92 Å². The van der Waals surface area contributed by atoms with Gasteiger partial charge in [-0.1, -0.05) is 31.5 Å². The predicted molar refractivity (Wildman–Crippen MR) is 74.9 cm³/mol. The molecule has 1 atom stereocenters. The van der Waals surface area contributed by atoms with Gasteiger partial charge in [0.15, 0.2) is 0 Å². The second-order valence-corrected chi connectivity index (χ2v) is 5.51. The number of nitrogens with zero attached hydrogens (tertiary/aromatic N) is 3. The fraction of sp³-hybridized carbons (Fsp3) is 0.429. The molecule has 0 bridgehead atoms. The van der Waals surface area contributed by atoms with Gasteiger partial charge in [-0.05, 0) is 18.1 Å². The van der Waals surface area contributed by atoms with Crippen molar-refractivity contribution in [3.63, 3.8) is 0 Å². The van der Waals surface area contributed by atoms with Gasteiger partial charge in [0.2, 0.25) is 0 Å². The molecule has 1 aromatic carbocycles. The molecule has 0 aliphatic rings. The molecule has 4 nitrogen and oxygen atoms in total. The van der Waals surface area contributed by atoms with Crippen LogP contribution >= 0.6 is 11.6 Å². The van der Waals surface area contributed by atoms with Crippen LogP contribution in [0.25, 0.3) is 0 Å². The van der Waals surface area contributed by atoms with Gasteiger partial charge in [-0.2, -0.15) is 5.10 Å². The number of aliphatic hydroxyl groups excluding tert-OH is 1. The first-order valence-electron chi connectivity index (χ1n) is 6.47. The summed E-state index contributed by atoms with van der Waals surface area (Å²) in [5.74, 6) is 0.509. The summed E-state index contributed by atoms with van der Waals surface area (Å²) in [6, 6.07) is 4.35. The van der Waals surface area contributed by atoms with Crippen molar-refractivity contribution >= 4 is 11.6 Å². The lowest BCUT2D eigenvalue weighted by molar-refractivity contribution is 0.169. The SMILES string of the molecule is CC(C)Cn1ncnc1CC(O)c1c(F)cccc1Cl. The van der Waals surface area contributed by atoms with E-state index in [0.29, 0.717) is 18.3 Å². The van der Waals surface area contributed by atoms with Gasteiger partial charge in [0.25, 0.3) is 0 Å². The molecule has 1 heterocycles. The maximum absolute atomic E-state index is 13.8. The molecule has 0 fully saturated rings. The Morgan fingerprint density at radius 3 is 2.80 bits per heavy atom. The predicted octanol–water partition coefficient (Wildman–Crippen LogP) is 3.00. The topological polar surface area (TPSA) is 50.9 Å². The fourth-order valence-electron chi connectivity index (χ4n) is 2.05. The highest BCUT2D eigenvalue weighted by Crippen LogP contribution is 2.27. The molecule has 0 amide bonds. The zero-order valence-electron chi connectivity index (χ0n) is 11.4. The van der Waals surface area contributed by atoms with Gasteiger partial charge in [-0.3, -0.25) is 0 Å². The van der Waals surface area contributed by atoms with Gasteiger partial charge in [0.1, 0.15) is 18.0 Å². The maximum atomic E-state index is 13.8. The summed E-state index contributed by atoms with van der Waals surface area (Å²) in [4.78, 5) is 4.12. The molecule has 1 unspecified atom stereocenters. The molecule has 0 saturated heterocycles. The monoisotopic (exact) mass is 297 g/mol. The van der Waals surface area contributed by atoms with E-state index >= 15 is 0 Å². The van der Waals surface area contributed by atoms with E-state index in [1.807, 2.05) is 0 Å². The highest BCUT2D eigenvalue weighted by molar-refractivity contribution is 6.31. The number of benzene rings is 1. The second-order valence-electron chi connectivity index (χ2n) is 5.11. The van der Waals surface area contributed by atoms with Crippen molar-refractivity contribution in [1.29, 1.82) is 0 Å². The summed E-state index contributed by atoms with van der Waals surface area (Å²) in [5.41, 5.74) is 0.105. The largest absolute Gasteiger partial charge is 0.388 e. The Morgan fingerprint density at radius 2 is 2.15 bits per heavy atom. The third kappa shape index (κ3) is 3.35. The quantitative estimate of drug-likeness (QED) is 0.923. The Bertz CT molecular complexity index is 565. The first-order valence-corrected chi connectivity index (χ1v) is 6.85. The summed E-state index contributed by atoms with van der Waals surface area (Å²) in [5, 5.41) is 14.5. The molecular weight excluding hydrogens is 281 g/mol. The highest BCUT2D eigenvalue weighted by atomic mass is 35.5. The molecule has 1 N–H and O–H groups in total. The van der Waals surface area contributed by atoms with E-state index in [9.17, 15) is 9.50 Å². The summed E-state index contributed by atoms with van der Waals surface area (Å²) in [7, 11) is 0. The zero-order valence-corrected chi connectivity index (χ0v) is 12.2. The first kappa shape index (κ1) is 14.9. The normalized spacial score (nSPS) is 12.9. The number of hydrogen-bond acceptors (Lipinski definition) is 3. The van der Waals surface area contributed by atoms with Gasteiger partial charge >= 0.3 is 0 Å². The molecule has 0 aliphatic carbocycles. The average molecular weight is 298 g/mol. The van der Waals surface area contributed by atoms with Crippen LogP contribution in [0, 0.1) is 11.7 Å². The summed E-state index contributed by atoms with van der Waals surface area (Å²) in [6.45, 7) is 4.83. The minimum atomic E-state index is -1.04. The van der Waals surface area contributed by atoms with Crippen molar-refractivity contribution in [2.45, 2.75) is 32.9 Å². The molecular formula is C14H17ClFN3O. The number of aromatic nitrogens is 3. The van der Waals surface area contributed by atoms with E-state index in [2.05, 4.69) is 23.9 Å². The Hall–Kier alpha value is -1.46. The van der Waals surface area contributed by atoms with Crippen molar-refractivity contribution in [2.75, 3.05) is 0 Å². The van der Waals surface area contributed by atoms with E-state index in [4.69, 9.17) is 11.6 Å². The number of aliphatic hydroxyl groups is 1. The molecule has 0 saturated carbocycles. The van der Waals surface area contributed by atoms with Crippen molar-refractivity contribution in [3.05, 3.63) is 46.8 Å². The highest BCUT2D eigenvalue weighted by Gasteiger charge is 2.19. The summed E-state index contributed by atoms with van der Waals surface area (Å²) < 4.78 is 15.5. The number of halogens is 2. The van der Waals surface area contributed by atoms with Crippen LogP contribution in [-0.2, 0) is 13.0 Å². The fourth-order valence-corrected chi connectivity index (χ4v) is 2.34. The molecule has 108 valence electrons. The van der Waals surface area contributed by atoms with Gasteiger partial charge in [-0.25, -0.2) is 14.1 Å². The van der Waals surface area contributed by atoms with E-state index in [-0.39, 0.29) is 17.0 Å². The average Bonchev–Trinajstić information content (AvgIpc) is 2.75. The minimum absolute atomic E-state index is 0.105. The van der Waals surface area contributed by atoms with Crippen LogP contribution in [0.1, 0.15) is 31.3 Å². The second kappa shape index (κ2) is 6.33. The van der Waals surface area contributed by atoms with Crippen molar-refractivity contribution in [3.8, 4) is 0 Å². The van der Waals surface area contributed by atoms with Gasteiger partial charge in [0.05, 0.1) is 6.10 Å². The van der Waals surface area contributed by atoms with Gasteiger partial charge < -0.3 is 5.11 Å². The molecule has 2 aromatic rings. The zero-order chi connectivity index (χ0) is 14.7. The third-order valence-corrected chi connectivity index (χ3v) is 3.27. The Kier molecular flexibility index (Phi) is 4.73. The van der Waals surface area contributed by atoms with E-state index < -0.39 is 11.9 Å². The lowest BCUT2D eigenvalue weighted by Crippen LogP contribution is -2.14. The van der Waals surface area contributed by atoms with Gasteiger partial charge in [0, 0.05) is 23.6 Å². The molecule has 20 heavy (non-hydrogen) atoms. The van der Waals surface area contributed by atoms with Crippen molar-refractivity contribution < 1.29 is 9.50 Å². The van der Waals surface area contributed by atoms with Crippen LogP contribution in [0.5, 0.6) is 0 Å². The Labute approximate surface area is 122 Å². The summed E-state index contributed by atoms with van der Waals surface area (Å²) in [6.07, 6.45) is 0.569. The van der Waals surface area contributed by atoms with Crippen LogP contribution in [0.2, 0.25) is 5.02 Å².